The van der Waals surface area contributed by atoms with Crippen LogP contribution >= 0.6 is 11.6 Å². The normalized spacial score (nSPS) is 11.5. The first-order chi connectivity index (χ1) is 15.0. The standard InChI is InChI=1S/C21H25ClN8O/c1-4-30(5-2)9-7-24-21-20(23)26-19(15-6-8-29(3)28-15)17(27-21)13-10-14(22)18-16(11-13)31-12-25-18/h6,8,10-12H,4-5,7,9H2,1-3H3,(H2,23,26)(H,24,27). The molecule has 0 aliphatic heterocycles. The molecule has 3 heterocycles. The van der Waals surface area contributed by atoms with Crippen molar-refractivity contribution in [2.24, 2.45) is 7.05 Å². The molecule has 0 bridgehead atoms. The summed E-state index contributed by atoms with van der Waals surface area (Å²) in [6.45, 7) is 7.82. The second kappa shape index (κ2) is 8.91. The van der Waals surface area contributed by atoms with Crippen molar-refractivity contribution in [2.75, 3.05) is 37.2 Å². The van der Waals surface area contributed by atoms with Gasteiger partial charge in [-0.3, -0.25) is 4.68 Å². The van der Waals surface area contributed by atoms with Gasteiger partial charge in [-0.25, -0.2) is 15.0 Å². The van der Waals surface area contributed by atoms with Gasteiger partial charge in [-0.05, 0) is 31.3 Å². The number of nitrogens with two attached hydrogens (primary N) is 1. The van der Waals surface area contributed by atoms with Gasteiger partial charge in [0.2, 0.25) is 0 Å². The quantitative estimate of drug-likeness (QED) is 0.427. The Kier molecular flexibility index (Phi) is 6.06. The predicted molar refractivity (Wildman–Crippen MR) is 123 cm³/mol. The Bertz CT molecular complexity index is 1200. The number of nitrogens with zero attached hydrogens (tertiary/aromatic N) is 6. The molecule has 3 N–H and O–H groups in total. The highest BCUT2D eigenvalue weighted by Crippen LogP contribution is 2.35. The van der Waals surface area contributed by atoms with Gasteiger partial charge in [0.15, 0.2) is 23.6 Å². The van der Waals surface area contributed by atoms with Crippen LogP contribution in [0.2, 0.25) is 5.02 Å². The van der Waals surface area contributed by atoms with Gasteiger partial charge in [-0.1, -0.05) is 25.4 Å². The van der Waals surface area contributed by atoms with E-state index in [0.717, 1.165) is 25.2 Å². The molecule has 10 heteroatoms. The number of nitrogen functional groups attached to an aromatic ring is 1. The smallest absolute Gasteiger partial charge is 0.182 e. The summed E-state index contributed by atoms with van der Waals surface area (Å²) >= 11 is 6.44. The summed E-state index contributed by atoms with van der Waals surface area (Å²) in [6.07, 6.45) is 3.22. The lowest BCUT2D eigenvalue weighted by molar-refractivity contribution is 0.316. The van der Waals surface area contributed by atoms with Gasteiger partial charge in [-0.15, -0.1) is 0 Å². The Morgan fingerprint density at radius 2 is 2.00 bits per heavy atom. The number of hydrogen-bond donors (Lipinski definition) is 2. The van der Waals surface area contributed by atoms with Crippen LogP contribution in [0.1, 0.15) is 13.8 Å². The number of aryl methyl sites for hydroxylation is 1. The first kappa shape index (κ1) is 21.1. The minimum atomic E-state index is 0.316. The summed E-state index contributed by atoms with van der Waals surface area (Å²) in [5.41, 5.74) is 10.0. The molecule has 0 saturated carbocycles. The van der Waals surface area contributed by atoms with Crippen molar-refractivity contribution in [3.05, 3.63) is 35.8 Å². The van der Waals surface area contributed by atoms with Crippen LogP contribution in [0, 0.1) is 0 Å². The molecule has 0 aliphatic rings. The summed E-state index contributed by atoms with van der Waals surface area (Å²) in [4.78, 5) is 15.9. The maximum Gasteiger partial charge on any atom is 0.182 e. The number of benzene rings is 1. The van der Waals surface area contributed by atoms with Crippen molar-refractivity contribution >= 4 is 34.3 Å². The van der Waals surface area contributed by atoms with Gasteiger partial charge >= 0.3 is 0 Å². The number of likely N-dealkylation sites (N-methyl/N-ethyl adjacent to an activating group) is 1. The van der Waals surface area contributed by atoms with E-state index < -0.39 is 0 Å². The molecule has 0 unspecified atom stereocenters. The summed E-state index contributed by atoms with van der Waals surface area (Å²) in [5, 5.41) is 8.28. The van der Waals surface area contributed by atoms with Crippen LogP contribution in [0.25, 0.3) is 33.7 Å². The Labute approximate surface area is 185 Å². The fourth-order valence-electron chi connectivity index (χ4n) is 3.43. The number of rotatable bonds is 8. The Morgan fingerprint density at radius 3 is 2.71 bits per heavy atom. The molecule has 0 saturated heterocycles. The summed E-state index contributed by atoms with van der Waals surface area (Å²) in [5.74, 6) is 0.839. The molecule has 3 aromatic heterocycles. The molecular weight excluding hydrogens is 416 g/mol. The van der Waals surface area contributed by atoms with E-state index in [1.165, 1.54) is 6.39 Å². The third-order valence-electron chi connectivity index (χ3n) is 5.16. The first-order valence-electron chi connectivity index (χ1n) is 10.2. The molecule has 1 aromatic carbocycles. The van der Waals surface area contributed by atoms with Crippen molar-refractivity contribution in [2.45, 2.75) is 13.8 Å². The summed E-state index contributed by atoms with van der Waals surface area (Å²) in [7, 11) is 1.85. The van der Waals surface area contributed by atoms with E-state index in [0.29, 0.717) is 51.4 Å². The van der Waals surface area contributed by atoms with Crippen molar-refractivity contribution in [1.29, 1.82) is 0 Å². The van der Waals surface area contributed by atoms with E-state index in [2.05, 4.69) is 39.1 Å². The molecular formula is C21H25ClN8O. The largest absolute Gasteiger partial charge is 0.443 e. The first-order valence-corrected chi connectivity index (χ1v) is 10.5. The van der Waals surface area contributed by atoms with Gasteiger partial charge in [0.25, 0.3) is 0 Å². The van der Waals surface area contributed by atoms with Crippen molar-refractivity contribution < 1.29 is 4.42 Å². The number of hydrogen-bond acceptors (Lipinski definition) is 8. The van der Waals surface area contributed by atoms with E-state index in [1.807, 2.05) is 25.4 Å². The van der Waals surface area contributed by atoms with Crippen molar-refractivity contribution in [3.63, 3.8) is 0 Å². The zero-order valence-electron chi connectivity index (χ0n) is 17.8. The zero-order chi connectivity index (χ0) is 22.0. The van der Waals surface area contributed by atoms with Gasteiger partial charge in [0.1, 0.15) is 22.6 Å². The molecule has 0 amide bonds. The fraction of sp³-hybridized carbons (Fsp3) is 0.333. The van der Waals surface area contributed by atoms with Crippen LogP contribution < -0.4 is 11.1 Å². The molecule has 31 heavy (non-hydrogen) atoms. The van der Waals surface area contributed by atoms with E-state index in [1.54, 1.807) is 10.7 Å². The van der Waals surface area contributed by atoms with Crippen LogP contribution in [-0.2, 0) is 7.05 Å². The third-order valence-corrected chi connectivity index (χ3v) is 5.45. The van der Waals surface area contributed by atoms with Crippen LogP contribution in [0.5, 0.6) is 0 Å². The lowest BCUT2D eigenvalue weighted by Crippen LogP contribution is -2.29. The Morgan fingerprint density at radius 1 is 1.19 bits per heavy atom. The maximum atomic E-state index is 6.44. The molecule has 9 nitrogen and oxygen atoms in total. The molecule has 4 aromatic rings. The molecule has 0 spiro atoms. The SMILES string of the molecule is CCN(CC)CCNc1nc(-c2cc(Cl)c3ncoc3c2)c(-c2ccn(C)n2)nc1N. The average Bonchev–Trinajstić information content (AvgIpc) is 3.41. The van der Waals surface area contributed by atoms with Crippen LogP contribution in [0.3, 0.4) is 0 Å². The monoisotopic (exact) mass is 440 g/mol. The van der Waals surface area contributed by atoms with Gasteiger partial charge in [-0.2, -0.15) is 5.10 Å². The minimum Gasteiger partial charge on any atom is -0.443 e. The molecule has 162 valence electrons. The fourth-order valence-corrected chi connectivity index (χ4v) is 3.69. The lowest BCUT2D eigenvalue weighted by atomic mass is 10.1. The van der Waals surface area contributed by atoms with Crippen molar-refractivity contribution in [1.82, 2.24) is 29.6 Å². The second-order valence-electron chi connectivity index (χ2n) is 7.14. The maximum absolute atomic E-state index is 6.44. The molecule has 0 aliphatic carbocycles. The van der Waals surface area contributed by atoms with E-state index in [-0.39, 0.29) is 0 Å². The highest BCUT2D eigenvalue weighted by atomic mass is 35.5. The van der Waals surface area contributed by atoms with E-state index in [9.17, 15) is 0 Å². The molecule has 0 atom stereocenters. The van der Waals surface area contributed by atoms with Crippen LogP contribution in [-0.4, -0.2) is 55.8 Å². The topological polar surface area (TPSA) is 111 Å². The van der Waals surface area contributed by atoms with Crippen molar-refractivity contribution in [3.8, 4) is 22.6 Å². The molecule has 0 fully saturated rings. The molecule has 4 rings (SSSR count). The number of halogens is 1. The number of aromatic nitrogens is 5. The Balaban J connectivity index is 1.77. The highest BCUT2D eigenvalue weighted by molar-refractivity contribution is 6.35. The Hall–Kier alpha value is -3.17. The summed E-state index contributed by atoms with van der Waals surface area (Å²) < 4.78 is 7.18. The molecule has 0 radical (unpaired) electrons. The third kappa shape index (κ3) is 4.33. The number of nitrogens with one attached hydrogen (secondary N) is 1. The van der Waals surface area contributed by atoms with E-state index >= 15 is 0 Å². The lowest BCUT2D eigenvalue weighted by Gasteiger charge is -2.19. The average molecular weight is 441 g/mol. The van der Waals surface area contributed by atoms with Gasteiger partial charge in [0.05, 0.1) is 5.02 Å². The minimum absolute atomic E-state index is 0.316. The summed E-state index contributed by atoms with van der Waals surface area (Å²) in [6, 6.07) is 5.52. The van der Waals surface area contributed by atoms with E-state index in [4.69, 9.17) is 26.7 Å². The zero-order valence-corrected chi connectivity index (χ0v) is 18.5. The number of oxazole rings is 1. The van der Waals surface area contributed by atoms with Crippen LogP contribution in [0.4, 0.5) is 11.6 Å². The number of fused-ring (bicyclic) bond motifs is 1. The second-order valence-corrected chi connectivity index (χ2v) is 7.55. The van der Waals surface area contributed by atoms with Gasteiger partial charge < -0.3 is 20.4 Å². The van der Waals surface area contributed by atoms with Crippen LogP contribution in [0.15, 0.2) is 35.2 Å². The van der Waals surface area contributed by atoms with Gasteiger partial charge in [0, 0.05) is 31.9 Å². The number of anilines is 2. The highest BCUT2D eigenvalue weighted by Gasteiger charge is 2.19. The predicted octanol–water partition coefficient (Wildman–Crippen LogP) is 3.67.